The van der Waals surface area contributed by atoms with Crippen LogP contribution in [0, 0.1) is 31.0 Å². The van der Waals surface area contributed by atoms with E-state index in [1.165, 1.54) is 6.07 Å². The Labute approximate surface area is 240 Å². The fourth-order valence-corrected chi connectivity index (χ4v) is 6.26. The van der Waals surface area contributed by atoms with Crippen molar-refractivity contribution >= 4 is 12.1 Å². The van der Waals surface area contributed by atoms with Gasteiger partial charge in [-0.2, -0.15) is 5.26 Å². The molecule has 2 fully saturated rings. The van der Waals surface area contributed by atoms with Crippen LogP contribution in [0.25, 0.3) is 0 Å². The van der Waals surface area contributed by atoms with Crippen LogP contribution < -0.4 is 0 Å². The fraction of sp³-hybridized carbons (Fsp3) is 0.516. The summed E-state index contributed by atoms with van der Waals surface area (Å²) < 4.78 is 25.3. The van der Waals surface area contributed by atoms with E-state index in [-0.39, 0.29) is 24.2 Å². The lowest BCUT2D eigenvalue weighted by molar-refractivity contribution is -0.0424. The molecule has 0 saturated carbocycles. The number of amides is 1. The molecule has 0 spiro atoms. The highest BCUT2D eigenvalue weighted by atomic mass is 19.1. The molecule has 3 aliphatic rings. The van der Waals surface area contributed by atoms with Gasteiger partial charge in [0.25, 0.3) is 0 Å². The molecule has 0 aliphatic carbocycles. The van der Waals surface area contributed by atoms with Gasteiger partial charge < -0.3 is 14.6 Å². The van der Waals surface area contributed by atoms with Crippen molar-refractivity contribution < 1.29 is 28.6 Å². The van der Waals surface area contributed by atoms with Gasteiger partial charge in [0.2, 0.25) is 0 Å². The van der Waals surface area contributed by atoms with Gasteiger partial charge in [0, 0.05) is 50.9 Å². The molecule has 0 aromatic heterocycles. The maximum absolute atomic E-state index is 14.3. The molecule has 41 heavy (non-hydrogen) atoms. The van der Waals surface area contributed by atoms with E-state index in [0.717, 1.165) is 35.3 Å². The number of cyclic esters (lactones) is 1. The molecule has 0 bridgehead atoms. The van der Waals surface area contributed by atoms with Crippen molar-refractivity contribution in [3.05, 3.63) is 69.0 Å². The molecule has 3 heterocycles. The number of rotatable bonds is 4. The SMILES string of the molecule is Cc1c(C2CN3CCN(C[C@H](O)c4ccc5c(c4C)COC5=O)CC3CN2C(=O)OC(C)(C)C)ccc(F)c1C#N. The minimum Gasteiger partial charge on any atom is -0.457 e. The molecular formula is C31H37FN4O5. The van der Waals surface area contributed by atoms with Crippen LogP contribution in [0.15, 0.2) is 24.3 Å². The minimum atomic E-state index is -0.743. The zero-order valence-electron chi connectivity index (χ0n) is 24.2. The predicted octanol–water partition coefficient (Wildman–Crippen LogP) is 4.00. The average Bonchev–Trinajstić information content (AvgIpc) is 3.29. The molecule has 2 saturated heterocycles. The van der Waals surface area contributed by atoms with Crippen LogP contribution in [0.4, 0.5) is 9.18 Å². The van der Waals surface area contributed by atoms with Gasteiger partial charge in [0.15, 0.2) is 0 Å². The molecule has 3 atom stereocenters. The van der Waals surface area contributed by atoms with Crippen molar-refractivity contribution in [3.8, 4) is 6.07 Å². The van der Waals surface area contributed by atoms with Gasteiger partial charge >= 0.3 is 12.1 Å². The van der Waals surface area contributed by atoms with Gasteiger partial charge in [0.1, 0.15) is 24.1 Å². The Kier molecular flexibility index (Phi) is 7.81. The lowest BCUT2D eigenvalue weighted by Gasteiger charge is -2.51. The number of hydrogen-bond acceptors (Lipinski definition) is 8. The number of carbonyl (C=O) groups excluding carboxylic acids is 2. The second kappa shape index (κ2) is 11.0. The minimum absolute atomic E-state index is 0.00282. The summed E-state index contributed by atoms with van der Waals surface area (Å²) in [4.78, 5) is 31.6. The van der Waals surface area contributed by atoms with Crippen molar-refractivity contribution in [1.29, 1.82) is 5.26 Å². The van der Waals surface area contributed by atoms with Gasteiger partial charge in [-0.3, -0.25) is 14.7 Å². The zero-order chi connectivity index (χ0) is 29.6. The highest BCUT2D eigenvalue weighted by Gasteiger charge is 2.42. The highest BCUT2D eigenvalue weighted by molar-refractivity contribution is 5.94. The molecule has 2 unspecified atom stereocenters. The number of nitrogens with zero attached hydrogens (tertiary/aromatic N) is 4. The largest absolute Gasteiger partial charge is 0.457 e. The molecule has 1 N–H and O–H groups in total. The van der Waals surface area contributed by atoms with Gasteiger partial charge in [-0.1, -0.05) is 12.1 Å². The Bertz CT molecular complexity index is 1410. The second-order valence-electron chi connectivity index (χ2n) is 12.2. The number of hydrogen-bond donors (Lipinski definition) is 1. The topological polar surface area (TPSA) is 106 Å². The first-order valence-corrected chi connectivity index (χ1v) is 14.0. The first kappa shape index (κ1) is 29.0. The number of ether oxygens (including phenoxy) is 2. The number of esters is 1. The summed E-state index contributed by atoms with van der Waals surface area (Å²) in [5.41, 5.74) is 3.61. The van der Waals surface area contributed by atoms with E-state index in [0.29, 0.717) is 37.3 Å². The third-order valence-corrected chi connectivity index (χ3v) is 8.43. The molecule has 9 nitrogen and oxygen atoms in total. The third kappa shape index (κ3) is 5.67. The number of fused-ring (bicyclic) bond motifs is 2. The van der Waals surface area contributed by atoms with E-state index < -0.39 is 29.7 Å². The number of carbonyl (C=O) groups is 2. The van der Waals surface area contributed by atoms with Crippen LogP contribution in [-0.2, 0) is 16.1 Å². The molecular weight excluding hydrogens is 527 g/mol. The smallest absolute Gasteiger partial charge is 0.410 e. The number of aliphatic hydroxyl groups is 1. The number of benzene rings is 2. The van der Waals surface area contributed by atoms with Crippen molar-refractivity contribution in [2.24, 2.45) is 0 Å². The average molecular weight is 565 g/mol. The van der Waals surface area contributed by atoms with Gasteiger partial charge in [-0.15, -0.1) is 0 Å². The van der Waals surface area contributed by atoms with Gasteiger partial charge in [0.05, 0.1) is 23.3 Å². The van der Waals surface area contributed by atoms with Crippen molar-refractivity contribution in [2.45, 2.75) is 65.0 Å². The summed E-state index contributed by atoms with van der Waals surface area (Å²) in [6.45, 7) is 12.7. The van der Waals surface area contributed by atoms with Crippen molar-refractivity contribution in [1.82, 2.24) is 14.7 Å². The van der Waals surface area contributed by atoms with E-state index in [4.69, 9.17) is 9.47 Å². The molecule has 218 valence electrons. The molecule has 2 aromatic carbocycles. The summed E-state index contributed by atoms with van der Waals surface area (Å²) in [7, 11) is 0. The standard InChI is InChI=1S/C31H37FN4O5/c1-18-21(8-9-26(32)24(18)12-33)27-15-35-11-10-34(13-20(35)14-36(27)30(39)41-31(3,4)5)16-28(37)22-6-7-23-25(19(22)2)17-40-29(23)38/h6-9,20,27-28,37H,10-11,13-17H2,1-5H3/t20?,27?,28-/m0/s1. The van der Waals surface area contributed by atoms with E-state index >= 15 is 0 Å². The molecule has 0 radical (unpaired) electrons. The Morgan fingerprint density at radius 3 is 2.63 bits per heavy atom. The van der Waals surface area contributed by atoms with E-state index in [2.05, 4.69) is 9.80 Å². The number of nitriles is 1. The highest BCUT2D eigenvalue weighted by Crippen LogP contribution is 2.35. The van der Waals surface area contributed by atoms with Crippen LogP contribution in [0.5, 0.6) is 0 Å². The number of piperazine rings is 2. The molecule has 10 heteroatoms. The van der Waals surface area contributed by atoms with Crippen molar-refractivity contribution in [2.75, 3.05) is 39.3 Å². The van der Waals surface area contributed by atoms with Crippen molar-refractivity contribution in [3.63, 3.8) is 0 Å². The Morgan fingerprint density at radius 2 is 1.93 bits per heavy atom. The Morgan fingerprint density at radius 1 is 1.17 bits per heavy atom. The maximum Gasteiger partial charge on any atom is 0.410 e. The maximum atomic E-state index is 14.3. The Hall–Kier alpha value is -3.52. The first-order valence-electron chi connectivity index (χ1n) is 14.0. The van der Waals surface area contributed by atoms with Gasteiger partial charge in [-0.25, -0.2) is 14.0 Å². The lowest BCUT2D eigenvalue weighted by atomic mass is 9.92. The summed E-state index contributed by atoms with van der Waals surface area (Å²) in [6.07, 6.45) is -1.20. The quantitative estimate of drug-likeness (QED) is 0.556. The Balaban J connectivity index is 1.35. The third-order valence-electron chi connectivity index (χ3n) is 8.43. The van der Waals surface area contributed by atoms with Crippen LogP contribution in [0.3, 0.4) is 0 Å². The fourth-order valence-electron chi connectivity index (χ4n) is 6.26. The van der Waals surface area contributed by atoms with E-state index in [9.17, 15) is 24.3 Å². The molecule has 2 aromatic rings. The normalized spacial score (nSPS) is 22.0. The number of halogens is 1. The van der Waals surface area contributed by atoms with Crippen LogP contribution >= 0.6 is 0 Å². The second-order valence-corrected chi connectivity index (χ2v) is 12.2. The monoisotopic (exact) mass is 564 g/mol. The summed E-state index contributed by atoms with van der Waals surface area (Å²) in [5, 5.41) is 20.7. The predicted molar refractivity (Wildman–Crippen MR) is 149 cm³/mol. The van der Waals surface area contributed by atoms with E-state index in [1.807, 2.05) is 33.8 Å². The van der Waals surface area contributed by atoms with E-state index in [1.54, 1.807) is 30.0 Å². The van der Waals surface area contributed by atoms with Crippen LogP contribution in [0.1, 0.15) is 76.7 Å². The summed E-state index contributed by atoms with van der Waals surface area (Å²) in [6, 6.07) is 8.05. The van der Waals surface area contributed by atoms with Gasteiger partial charge in [-0.05, 0) is 69.0 Å². The van der Waals surface area contributed by atoms with Crippen LogP contribution in [-0.4, -0.2) is 82.8 Å². The summed E-state index contributed by atoms with van der Waals surface area (Å²) >= 11 is 0. The lowest BCUT2D eigenvalue weighted by Crippen LogP contribution is -2.64. The number of β-amino-alcohol motifs (C(OH)–C–C–N with tert-alkyl or cyclic N) is 1. The number of aliphatic hydroxyl groups excluding tert-OH is 1. The van der Waals surface area contributed by atoms with Crippen LogP contribution in [0.2, 0.25) is 0 Å². The zero-order valence-corrected chi connectivity index (χ0v) is 24.2. The first-order chi connectivity index (χ1) is 19.4. The summed E-state index contributed by atoms with van der Waals surface area (Å²) in [5.74, 6) is -0.902. The molecule has 5 rings (SSSR count). The molecule has 1 amide bonds. The molecule has 3 aliphatic heterocycles.